The van der Waals surface area contributed by atoms with Gasteiger partial charge in [-0.25, -0.2) is 14.5 Å². The van der Waals surface area contributed by atoms with Crippen LogP contribution in [0.25, 0.3) is 5.82 Å². The Hall–Kier alpha value is -2.70. The van der Waals surface area contributed by atoms with Crippen LogP contribution in [-0.4, -0.2) is 39.3 Å². The van der Waals surface area contributed by atoms with Gasteiger partial charge in [-0.15, -0.1) is 0 Å². The summed E-state index contributed by atoms with van der Waals surface area (Å²) in [5, 5.41) is 7.08. The lowest BCUT2D eigenvalue weighted by Gasteiger charge is -2.28. The topological polar surface area (TPSA) is 86.1 Å². The normalized spacial score (nSPS) is 24.6. The number of aromatic nitrogens is 3. The van der Waals surface area contributed by atoms with Crippen LogP contribution in [0.4, 0.5) is 0 Å². The largest absolute Gasteiger partial charge is 0.452 e. The molecule has 0 aromatic carbocycles. The van der Waals surface area contributed by atoms with E-state index in [2.05, 4.69) is 22.3 Å². The lowest BCUT2D eigenvalue weighted by Crippen LogP contribution is -2.42. The van der Waals surface area contributed by atoms with Crippen molar-refractivity contribution in [3.05, 3.63) is 42.4 Å². The number of amides is 1. The van der Waals surface area contributed by atoms with Crippen molar-refractivity contribution in [2.75, 3.05) is 6.61 Å². The third-order valence-electron chi connectivity index (χ3n) is 5.88. The Morgan fingerprint density at radius 3 is 2.85 bits per heavy atom. The molecule has 2 aromatic rings. The number of fused-ring (bicyclic) bond motifs is 2. The first-order valence-electron chi connectivity index (χ1n) is 9.52. The standard InChI is InChI=1S/C20H24N4O3/c1-13(17-10-14-3-4-15(17)9-14)23-19(25)12-27-20(26)16-5-6-18(21-11-16)24-8-2-7-22-24/h2,5-8,11,13-15,17H,3-4,9-10,12H2,1H3,(H,23,25)/t13-,14+,15+,17+/m1/s1. The molecular formula is C20H24N4O3. The minimum atomic E-state index is -0.558. The first kappa shape index (κ1) is 17.7. The van der Waals surface area contributed by atoms with Gasteiger partial charge in [-0.2, -0.15) is 5.10 Å². The molecule has 2 heterocycles. The summed E-state index contributed by atoms with van der Waals surface area (Å²) in [5.41, 5.74) is 0.305. The molecule has 2 aromatic heterocycles. The van der Waals surface area contributed by atoms with Crippen molar-refractivity contribution in [2.24, 2.45) is 17.8 Å². The van der Waals surface area contributed by atoms with Gasteiger partial charge in [0, 0.05) is 24.6 Å². The number of carbonyl (C=O) groups excluding carboxylic acids is 2. The monoisotopic (exact) mass is 368 g/mol. The molecule has 1 amide bonds. The van der Waals surface area contributed by atoms with Crippen LogP contribution in [0.15, 0.2) is 36.8 Å². The molecular weight excluding hydrogens is 344 g/mol. The fourth-order valence-corrected chi connectivity index (χ4v) is 4.57. The van der Waals surface area contributed by atoms with Crippen LogP contribution in [-0.2, 0) is 9.53 Å². The second kappa shape index (κ2) is 7.50. The lowest BCUT2D eigenvalue weighted by molar-refractivity contribution is -0.125. The molecule has 7 nitrogen and oxygen atoms in total. The number of ether oxygens (including phenoxy) is 1. The van der Waals surface area contributed by atoms with Crippen molar-refractivity contribution in [1.82, 2.24) is 20.1 Å². The van der Waals surface area contributed by atoms with E-state index in [-0.39, 0.29) is 18.6 Å². The summed E-state index contributed by atoms with van der Waals surface area (Å²) in [6, 6.07) is 5.21. The third kappa shape index (κ3) is 3.86. The van der Waals surface area contributed by atoms with E-state index in [1.807, 2.05) is 0 Å². The van der Waals surface area contributed by atoms with Gasteiger partial charge >= 0.3 is 5.97 Å². The number of hydrogen-bond acceptors (Lipinski definition) is 5. The van der Waals surface area contributed by atoms with Gasteiger partial charge in [-0.05, 0) is 62.1 Å². The van der Waals surface area contributed by atoms with Gasteiger partial charge in [-0.1, -0.05) is 6.42 Å². The van der Waals surface area contributed by atoms with Crippen molar-refractivity contribution >= 4 is 11.9 Å². The molecule has 0 spiro atoms. The zero-order chi connectivity index (χ0) is 18.8. The fraction of sp³-hybridized carbons (Fsp3) is 0.500. The highest BCUT2D eigenvalue weighted by Gasteiger charge is 2.42. The maximum absolute atomic E-state index is 12.1. The first-order chi connectivity index (χ1) is 13.1. The van der Waals surface area contributed by atoms with Crippen molar-refractivity contribution in [3.63, 3.8) is 0 Å². The Labute approximate surface area is 158 Å². The van der Waals surface area contributed by atoms with Gasteiger partial charge in [0.25, 0.3) is 5.91 Å². The highest BCUT2D eigenvalue weighted by Crippen LogP contribution is 2.49. The number of rotatable bonds is 6. The third-order valence-corrected chi connectivity index (χ3v) is 5.88. The fourth-order valence-electron chi connectivity index (χ4n) is 4.57. The molecule has 27 heavy (non-hydrogen) atoms. The second-order valence-electron chi connectivity index (χ2n) is 7.63. The minimum Gasteiger partial charge on any atom is -0.452 e. The number of carbonyl (C=O) groups is 2. The average Bonchev–Trinajstić information content (AvgIpc) is 3.44. The first-order valence-corrected chi connectivity index (χ1v) is 9.52. The molecule has 2 bridgehead atoms. The second-order valence-corrected chi connectivity index (χ2v) is 7.63. The number of pyridine rings is 1. The van der Waals surface area contributed by atoms with Gasteiger partial charge in [0.15, 0.2) is 12.4 Å². The van der Waals surface area contributed by atoms with Crippen molar-refractivity contribution in [2.45, 2.75) is 38.6 Å². The molecule has 2 saturated carbocycles. The molecule has 142 valence electrons. The molecule has 0 radical (unpaired) electrons. The van der Waals surface area contributed by atoms with Crippen molar-refractivity contribution in [1.29, 1.82) is 0 Å². The van der Waals surface area contributed by atoms with Crippen LogP contribution in [0, 0.1) is 17.8 Å². The maximum atomic E-state index is 12.1. The summed E-state index contributed by atoms with van der Waals surface area (Å²) < 4.78 is 6.73. The van der Waals surface area contributed by atoms with Gasteiger partial charge in [0.1, 0.15) is 0 Å². The van der Waals surface area contributed by atoms with E-state index in [9.17, 15) is 9.59 Å². The highest BCUT2D eigenvalue weighted by atomic mass is 16.5. The summed E-state index contributed by atoms with van der Waals surface area (Å²) in [7, 11) is 0. The van der Waals surface area contributed by atoms with E-state index in [4.69, 9.17) is 4.74 Å². The highest BCUT2D eigenvalue weighted by molar-refractivity contribution is 5.91. The molecule has 2 fully saturated rings. The summed E-state index contributed by atoms with van der Waals surface area (Å²) >= 11 is 0. The van der Waals surface area contributed by atoms with Crippen LogP contribution < -0.4 is 5.32 Å². The average molecular weight is 368 g/mol. The summed E-state index contributed by atoms with van der Waals surface area (Å²) in [6.07, 6.45) is 9.98. The van der Waals surface area contributed by atoms with Crippen LogP contribution in [0.2, 0.25) is 0 Å². The van der Waals surface area contributed by atoms with Gasteiger partial charge in [0.2, 0.25) is 0 Å². The SMILES string of the molecule is C[C@@H](NC(=O)COC(=O)c1ccc(-n2cccn2)nc1)[C@@H]1C[C@H]2CC[C@H]1C2. The van der Waals surface area contributed by atoms with Crippen molar-refractivity contribution < 1.29 is 14.3 Å². The quantitative estimate of drug-likeness (QED) is 0.791. The predicted molar refractivity (Wildman–Crippen MR) is 98.2 cm³/mol. The Morgan fingerprint density at radius 2 is 2.22 bits per heavy atom. The molecule has 4 atom stereocenters. The van der Waals surface area contributed by atoms with E-state index in [1.165, 1.54) is 31.9 Å². The molecule has 0 saturated heterocycles. The van der Waals surface area contributed by atoms with Gasteiger partial charge < -0.3 is 10.1 Å². The van der Waals surface area contributed by atoms with Gasteiger partial charge in [-0.3, -0.25) is 4.79 Å². The zero-order valence-corrected chi connectivity index (χ0v) is 15.4. The predicted octanol–water partition coefficient (Wildman–Crippen LogP) is 2.37. The van der Waals surface area contributed by atoms with Crippen molar-refractivity contribution in [3.8, 4) is 5.82 Å². The molecule has 2 aliphatic carbocycles. The molecule has 0 aliphatic heterocycles. The van der Waals surface area contributed by atoms with Crippen LogP contribution >= 0.6 is 0 Å². The van der Waals surface area contributed by atoms with Crippen LogP contribution in [0.5, 0.6) is 0 Å². The number of nitrogens with zero attached hydrogens (tertiary/aromatic N) is 3. The molecule has 1 N–H and O–H groups in total. The number of esters is 1. The Kier molecular flexibility index (Phi) is 4.92. The van der Waals surface area contributed by atoms with E-state index in [0.29, 0.717) is 17.3 Å². The smallest absolute Gasteiger partial charge is 0.340 e. The minimum absolute atomic E-state index is 0.126. The number of hydrogen-bond donors (Lipinski definition) is 1. The molecule has 4 rings (SSSR count). The Morgan fingerprint density at radius 1 is 1.33 bits per heavy atom. The Bertz CT molecular complexity index is 803. The van der Waals surface area contributed by atoms with E-state index in [1.54, 1.807) is 35.3 Å². The Balaban J connectivity index is 1.25. The zero-order valence-electron chi connectivity index (χ0n) is 15.4. The van der Waals surface area contributed by atoms with E-state index < -0.39 is 5.97 Å². The van der Waals surface area contributed by atoms with Crippen LogP contribution in [0.3, 0.4) is 0 Å². The van der Waals surface area contributed by atoms with E-state index in [0.717, 1.165) is 11.8 Å². The summed E-state index contributed by atoms with van der Waals surface area (Å²) in [6.45, 7) is 1.79. The molecule has 7 heteroatoms. The summed E-state index contributed by atoms with van der Waals surface area (Å²) in [4.78, 5) is 28.5. The van der Waals surface area contributed by atoms with Crippen LogP contribution in [0.1, 0.15) is 43.0 Å². The lowest BCUT2D eigenvalue weighted by atomic mass is 9.84. The molecule has 0 unspecified atom stereocenters. The maximum Gasteiger partial charge on any atom is 0.340 e. The summed E-state index contributed by atoms with van der Waals surface area (Å²) in [5.74, 6) is 1.94. The molecule has 2 aliphatic rings. The van der Waals surface area contributed by atoms with E-state index >= 15 is 0 Å². The van der Waals surface area contributed by atoms with Gasteiger partial charge in [0.05, 0.1) is 5.56 Å². The number of nitrogens with one attached hydrogen (secondary N) is 1.